The Hall–Kier alpha value is -1.76. The van der Waals surface area contributed by atoms with Crippen molar-refractivity contribution < 1.29 is 9.72 Å². The highest BCUT2D eigenvalue weighted by atomic mass is 32.2. The normalized spacial score (nSPS) is 11.8. The van der Waals surface area contributed by atoms with E-state index in [0.717, 1.165) is 5.75 Å². The van der Waals surface area contributed by atoms with E-state index in [0.29, 0.717) is 11.3 Å². The first kappa shape index (κ1) is 16.3. The summed E-state index contributed by atoms with van der Waals surface area (Å²) in [5, 5.41) is 13.6. The molecular formula is C13H19N3O3S. The standard InChI is InChI=1S/C13H19N3O3S/c1-9(8-20-4)15(3)13(17)10-5-6-12(16(18)19)11(7-10)14-2/h5-7,9,14H,8H2,1-4H3. The summed E-state index contributed by atoms with van der Waals surface area (Å²) in [7, 11) is 3.33. The third kappa shape index (κ3) is 3.63. The van der Waals surface area contributed by atoms with Gasteiger partial charge in [-0.25, -0.2) is 0 Å². The molecule has 0 aliphatic rings. The van der Waals surface area contributed by atoms with Gasteiger partial charge in [0.15, 0.2) is 0 Å². The number of hydrogen-bond donors (Lipinski definition) is 1. The van der Waals surface area contributed by atoms with Crippen molar-refractivity contribution in [2.45, 2.75) is 13.0 Å². The third-order valence-electron chi connectivity index (χ3n) is 3.10. The summed E-state index contributed by atoms with van der Waals surface area (Å²) in [6, 6.07) is 4.46. The number of nitro groups is 1. The molecule has 0 fully saturated rings. The van der Waals surface area contributed by atoms with E-state index >= 15 is 0 Å². The lowest BCUT2D eigenvalue weighted by atomic mass is 10.1. The minimum absolute atomic E-state index is 0.0381. The molecule has 1 rings (SSSR count). The topological polar surface area (TPSA) is 75.5 Å². The van der Waals surface area contributed by atoms with Crippen LogP contribution in [0.25, 0.3) is 0 Å². The Morgan fingerprint density at radius 2 is 2.20 bits per heavy atom. The molecule has 1 amide bonds. The number of amides is 1. The van der Waals surface area contributed by atoms with Gasteiger partial charge in [0, 0.05) is 37.5 Å². The predicted molar refractivity (Wildman–Crippen MR) is 82.6 cm³/mol. The van der Waals surface area contributed by atoms with E-state index in [-0.39, 0.29) is 17.6 Å². The summed E-state index contributed by atoms with van der Waals surface area (Å²) < 4.78 is 0. The highest BCUT2D eigenvalue weighted by Gasteiger charge is 2.20. The number of anilines is 1. The molecule has 0 bridgehead atoms. The first-order chi connectivity index (χ1) is 9.42. The minimum atomic E-state index is -0.472. The molecule has 0 heterocycles. The summed E-state index contributed by atoms with van der Waals surface area (Å²) in [5.74, 6) is 0.701. The van der Waals surface area contributed by atoms with Gasteiger partial charge in [0.1, 0.15) is 5.69 Å². The van der Waals surface area contributed by atoms with Gasteiger partial charge in [0.25, 0.3) is 11.6 Å². The maximum Gasteiger partial charge on any atom is 0.292 e. The molecule has 1 atom stereocenters. The fourth-order valence-corrected chi connectivity index (χ4v) is 2.49. The molecule has 20 heavy (non-hydrogen) atoms. The summed E-state index contributed by atoms with van der Waals surface area (Å²) in [4.78, 5) is 24.4. The first-order valence-corrected chi connectivity index (χ1v) is 7.54. The van der Waals surface area contributed by atoms with Crippen LogP contribution in [-0.2, 0) is 0 Å². The van der Waals surface area contributed by atoms with Crippen LogP contribution < -0.4 is 5.32 Å². The fraction of sp³-hybridized carbons (Fsp3) is 0.462. The van der Waals surface area contributed by atoms with Gasteiger partial charge in [-0.05, 0) is 25.3 Å². The van der Waals surface area contributed by atoms with E-state index in [1.54, 1.807) is 30.8 Å². The van der Waals surface area contributed by atoms with Crippen LogP contribution in [0.1, 0.15) is 17.3 Å². The SMILES string of the molecule is CNc1cc(C(=O)N(C)C(C)CSC)ccc1[N+](=O)[O-]. The lowest BCUT2D eigenvalue weighted by Crippen LogP contribution is -2.36. The second-order valence-corrected chi connectivity index (χ2v) is 5.37. The molecule has 1 aromatic carbocycles. The van der Waals surface area contributed by atoms with E-state index < -0.39 is 4.92 Å². The zero-order chi connectivity index (χ0) is 15.3. The molecule has 1 unspecified atom stereocenters. The van der Waals surface area contributed by atoms with E-state index in [4.69, 9.17) is 0 Å². The summed E-state index contributed by atoms with van der Waals surface area (Å²) in [5.41, 5.74) is 0.742. The first-order valence-electron chi connectivity index (χ1n) is 6.14. The molecule has 0 aromatic heterocycles. The van der Waals surface area contributed by atoms with Crippen molar-refractivity contribution in [3.05, 3.63) is 33.9 Å². The fourth-order valence-electron chi connectivity index (χ4n) is 1.79. The van der Waals surface area contributed by atoms with Gasteiger partial charge in [-0.1, -0.05) is 0 Å². The smallest absolute Gasteiger partial charge is 0.292 e. The van der Waals surface area contributed by atoms with Crippen LogP contribution in [-0.4, -0.2) is 47.9 Å². The van der Waals surface area contributed by atoms with Crippen molar-refractivity contribution in [1.82, 2.24) is 4.90 Å². The predicted octanol–water partition coefficient (Wildman–Crippen LogP) is 2.46. The second kappa shape index (κ2) is 7.14. The van der Waals surface area contributed by atoms with Gasteiger partial charge in [-0.3, -0.25) is 14.9 Å². The van der Waals surface area contributed by atoms with Crippen LogP contribution >= 0.6 is 11.8 Å². The zero-order valence-electron chi connectivity index (χ0n) is 12.0. The van der Waals surface area contributed by atoms with Crippen molar-refractivity contribution >= 4 is 29.0 Å². The summed E-state index contributed by atoms with van der Waals surface area (Å²) >= 11 is 1.67. The van der Waals surface area contributed by atoms with Crippen LogP contribution in [0, 0.1) is 10.1 Å². The maximum absolute atomic E-state index is 12.3. The monoisotopic (exact) mass is 297 g/mol. The molecule has 0 saturated heterocycles. The average molecular weight is 297 g/mol. The third-order valence-corrected chi connectivity index (χ3v) is 3.91. The van der Waals surface area contributed by atoms with Crippen LogP contribution in [0.3, 0.4) is 0 Å². The molecule has 1 aromatic rings. The van der Waals surface area contributed by atoms with Crippen molar-refractivity contribution in [3.8, 4) is 0 Å². The van der Waals surface area contributed by atoms with Crippen LogP contribution in [0.4, 0.5) is 11.4 Å². The number of benzene rings is 1. The van der Waals surface area contributed by atoms with E-state index in [2.05, 4.69) is 5.32 Å². The molecule has 0 aliphatic heterocycles. The van der Waals surface area contributed by atoms with E-state index in [1.165, 1.54) is 18.2 Å². The van der Waals surface area contributed by atoms with Crippen LogP contribution in [0.5, 0.6) is 0 Å². The lowest BCUT2D eigenvalue weighted by Gasteiger charge is -2.24. The molecule has 110 valence electrons. The maximum atomic E-state index is 12.3. The highest BCUT2D eigenvalue weighted by molar-refractivity contribution is 7.98. The molecule has 0 radical (unpaired) electrons. The van der Waals surface area contributed by atoms with Gasteiger partial charge in [-0.2, -0.15) is 11.8 Å². The highest BCUT2D eigenvalue weighted by Crippen LogP contribution is 2.25. The van der Waals surface area contributed by atoms with Gasteiger partial charge < -0.3 is 10.2 Å². The van der Waals surface area contributed by atoms with Crippen LogP contribution in [0.15, 0.2) is 18.2 Å². The zero-order valence-corrected chi connectivity index (χ0v) is 12.9. The summed E-state index contributed by atoms with van der Waals surface area (Å²) in [6.45, 7) is 1.97. The Morgan fingerprint density at radius 1 is 1.55 bits per heavy atom. The van der Waals surface area contributed by atoms with Crippen molar-refractivity contribution in [1.29, 1.82) is 0 Å². The molecule has 0 aliphatic carbocycles. The molecule has 6 nitrogen and oxygen atoms in total. The summed E-state index contributed by atoms with van der Waals surface area (Å²) in [6.07, 6.45) is 1.99. The molecule has 1 N–H and O–H groups in total. The van der Waals surface area contributed by atoms with Crippen LogP contribution in [0.2, 0.25) is 0 Å². The lowest BCUT2D eigenvalue weighted by molar-refractivity contribution is -0.383. The number of rotatable bonds is 6. The van der Waals surface area contributed by atoms with Gasteiger partial charge >= 0.3 is 0 Å². The number of carbonyl (C=O) groups is 1. The second-order valence-electron chi connectivity index (χ2n) is 4.46. The minimum Gasteiger partial charge on any atom is -0.383 e. The number of hydrogen-bond acceptors (Lipinski definition) is 5. The number of nitrogens with one attached hydrogen (secondary N) is 1. The quantitative estimate of drug-likeness (QED) is 0.645. The molecule has 0 spiro atoms. The Balaban J connectivity index is 3.02. The largest absolute Gasteiger partial charge is 0.383 e. The number of thioether (sulfide) groups is 1. The molecular weight excluding hydrogens is 278 g/mol. The van der Waals surface area contributed by atoms with Crippen molar-refractivity contribution in [3.63, 3.8) is 0 Å². The van der Waals surface area contributed by atoms with Crippen molar-refractivity contribution in [2.24, 2.45) is 0 Å². The van der Waals surface area contributed by atoms with Gasteiger partial charge in [0.05, 0.1) is 4.92 Å². The number of nitro benzene ring substituents is 1. The van der Waals surface area contributed by atoms with Gasteiger partial charge in [0.2, 0.25) is 0 Å². The molecule has 7 heteroatoms. The number of nitrogens with zero attached hydrogens (tertiary/aromatic N) is 2. The number of carbonyl (C=O) groups excluding carboxylic acids is 1. The Bertz CT molecular complexity index is 508. The average Bonchev–Trinajstić information content (AvgIpc) is 2.44. The van der Waals surface area contributed by atoms with E-state index in [1.807, 2.05) is 13.2 Å². The Kier molecular flexibility index (Phi) is 5.82. The van der Waals surface area contributed by atoms with Gasteiger partial charge in [-0.15, -0.1) is 0 Å². The van der Waals surface area contributed by atoms with E-state index in [9.17, 15) is 14.9 Å². The Labute approximate surface area is 122 Å². The van der Waals surface area contributed by atoms with Crippen molar-refractivity contribution in [2.75, 3.05) is 31.4 Å². The Morgan fingerprint density at radius 3 is 2.70 bits per heavy atom. The molecule has 0 saturated carbocycles.